The third-order valence-corrected chi connectivity index (χ3v) is 15.1. The summed E-state index contributed by atoms with van der Waals surface area (Å²) in [5.41, 5.74) is 0. The molecule has 0 spiro atoms. The van der Waals surface area contributed by atoms with Gasteiger partial charge < -0.3 is 0 Å². The minimum absolute atomic E-state index is 0. The van der Waals surface area contributed by atoms with Crippen LogP contribution in [0.3, 0.4) is 0 Å². The van der Waals surface area contributed by atoms with Crippen molar-refractivity contribution in [3.63, 3.8) is 0 Å². The van der Waals surface area contributed by atoms with E-state index in [1.54, 1.807) is 0 Å². The van der Waals surface area contributed by atoms with Crippen LogP contribution < -0.4 is 10.7 Å². The van der Waals surface area contributed by atoms with Crippen LogP contribution in [0.15, 0.2) is 91.0 Å². The second-order valence-corrected chi connectivity index (χ2v) is 15.9. The van der Waals surface area contributed by atoms with Gasteiger partial charge in [0.2, 0.25) is 0 Å². The van der Waals surface area contributed by atoms with Crippen molar-refractivity contribution in [1.82, 2.24) is 0 Å². The number of hydrogen-bond donors (Lipinski definition) is 0. The van der Waals surface area contributed by atoms with Gasteiger partial charge in [0.25, 0.3) is 0 Å². The van der Waals surface area contributed by atoms with Gasteiger partial charge in [-0.1, -0.05) is 34.6 Å². The van der Waals surface area contributed by atoms with Gasteiger partial charge in [0.15, 0.2) is 0 Å². The quantitative estimate of drug-likeness (QED) is 0.216. The Kier molecular flexibility index (Phi) is 21.5. The van der Waals surface area contributed by atoms with Crippen LogP contribution in [0.25, 0.3) is 0 Å². The molecule has 0 heterocycles. The van der Waals surface area contributed by atoms with E-state index in [9.17, 15) is 0 Å². The molecule has 0 aliphatic heterocycles. The first-order chi connectivity index (χ1) is 17.0. The average molecular weight is 626 g/mol. The first-order valence-corrected chi connectivity index (χ1v) is 15.9. The zero-order valence-electron chi connectivity index (χ0n) is 21.7. The summed E-state index contributed by atoms with van der Waals surface area (Å²) < 4.78 is 27.1. The Morgan fingerprint density at radius 2 is 0.583 bits per heavy atom. The molecular weight excluding hydrogens is 591 g/mol. The van der Waals surface area contributed by atoms with E-state index in [1.165, 1.54) is 10.7 Å². The van der Waals surface area contributed by atoms with Gasteiger partial charge in [-0.3, -0.25) is 0 Å². The van der Waals surface area contributed by atoms with Crippen LogP contribution in [-0.2, 0) is 31.3 Å². The number of hydrogen-bond acceptors (Lipinski definition) is 0. The van der Waals surface area contributed by atoms with Crippen LogP contribution in [-0.4, -0.2) is 19.8 Å². The van der Waals surface area contributed by atoms with Crippen LogP contribution in [0.2, 0.25) is 0 Å². The maximum atomic E-state index is 7.50. The third-order valence-electron chi connectivity index (χ3n) is 7.33. The molecule has 36 heavy (non-hydrogen) atoms. The van der Waals surface area contributed by atoms with Gasteiger partial charge in [0.05, 0.1) is 0 Å². The molecule has 1 fully saturated rings. The Morgan fingerprint density at radius 3 is 0.750 bits per heavy atom. The molecule has 0 amide bonds. The molecule has 1 radical (unpaired) electrons. The van der Waals surface area contributed by atoms with E-state index in [1.807, 2.05) is 0 Å². The summed E-state index contributed by atoms with van der Waals surface area (Å²) in [5.74, 6) is 4.68. The van der Waals surface area contributed by atoms with Crippen LogP contribution in [0, 0.1) is 49.5 Å². The van der Waals surface area contributed by atoms with Crippen LogP contribution in [0.5, 0.6) is 0 Å². The van der Waals surface area contributed by atoms with Crippen molar-refractivity contribution in [2.24, 2.45) is 29.6 Å². The van der Waals surface area contributed by atoms with Gasteiger partial charge in [-0.15, -0.1) is 0 Å². The maximum absolute atomic E-state index is 7.50. The second kappa shape index (κ2) is 21.3. The molecule has 0 N–H and O–H groups in total. The van der Waals surface area contributed by atoms with E-state index in [4.69, 9.17) is 14.0 Å². The average Bonchev–Trinajstić information content (AvgIpc) is 3.12. The first-order valence-electron chi connectivity index (χ1n) is 11.6. The van der Waals surface area contributed by atoms with E-state index in [0.717, 1.165) is 29.6 Å². The van der Waals surface area contributed by atoms with Gasteiger partial charge in [0, 0.05) is 17.4 Å². The summed E-state index contributed by atoms with van der Waals surface area (Å²) in [5, 5.41) is 0. The van der Waals surface area contributed by atoms with Crippen LogP contribution in [0.1, 0.15) is 34.6 Å². The summed E-state index contributed by atoms with van der Waals surface area (Å²) in [6, 6.07) is 32.9. The second-order valence-electron chi connectivity index (χ2n) is 8.77. The van der Waals surface area contributed by atoms with Gasteiger partial charge in [0.1, 0.15) is 0 Å². The molecule has 3 nitrogen and oxygen atoms in total. The van der Waals surface area contributed by atoms with Gasteiger partial charge in [-0.05, 0) is 29.6 Å². The molecule has 3 aromatic rings. The fraction of sp³-hybridized carbons (Fsp3) is 0.323. The van der Waals surface area contributed by atoms with Crippen molar-refractivity contribution in [2.45, 2.75) is 34.6 Å². The van der Waals surface area contributed by atoms with E-state index in [2.05, 4.69) is 146 Å². The number of benzene rings is 3. The first kappa shape index (κ1) is 36.4. The van der Waals surface area contributed by atoms with Crippen molar-refractivity contribution in [1.29, 1.82) is 0 Å². The SMILES string of the molecule is CC1C(C)C(C)C(C)C1C.[C-]#[O+].[C-]#[O+].[C-]#[O+].[Cr].c1cc[c]([Sn]([c]2ccccc2)[c]2ccccc2)cc1. The summed E-state index contributed by atoms with van der Waals surface area (Å²) in [7, 11) is 0. The normalized spacial score (nSPS) is 21.2. The molecule has 0 bridgehead atoms. The molecule has 3 aromatic carbocycles. The molecule has 0 aromatic heterocycles. The van der Waals surface area contributed by atoms with Crippen LogP contribution in [0.4, 0.5) is 0 Å². The molecule has 0 saturated heterocycles. The van der Waals surface area contributed by atoms with Gasteiger partial charge in [-0.25, -0.2) is 0 Å². The summed E-state index contributed by atoms with van der Waals surface area (Å²) in [6.07, 6.45) is 0. The topological polar surface area (TPSA) is 59.7 Å². The molecule has 5 heteroatoms. The van der Waals surface area contributed by atoms with Crippen molar-refractivity contribution in [3.8, 4) is 0 Å². The van der Waals surface area contributed by atoms with Crippen molar-refractivity contribution < 1.29 is 31.3 Å². The van der Waals surface area contributed by atoms with Crippen molar-refractivity contribution >= 4 is 30.5 Å². The van der Waals surface area contributed by atoms with Crippen LogP contribution >= 0.6 is 0 Å². The molecule has 1 saturated carbocycles. The monoisotopic (exact) mass is 627 g/mol. The molecule has 187 valence electrons. The Bertz CT molecular complexity index is 837. The van der Waals surface area contributed by atoms with Gasteiger partial charge in [-0.2, -0.15) is 0 Å². The fourth-order valence-electron chi connectivity index (χ4n) is 4.71. The molecule has 4 rings (SSSR count). The summed E-state index contributed by atoms with van der Waals surface area (Å²) in [4.78, 5) is 0. The van der Waals surface area contributed by atoms with E-state index < -0.39 is 19.8 Å². The Balaban J connectivity index is 0. The minimum atomic E-state index is -1.98. The standard InChI is InChI=1S/C10H20.3C6H5.3CO.Cr.Sn/c1-6-7(2)9(4)10(5)8(6)3;3*1-2-4-6-5-3-1;3*1-2;;/h6-10H,1-5H3;3*1-5H;;;;;. The third kappa shape index (κ3) is 10.7. The molecule has 0 atom stereocenters. The molecule has 1 aliphatic rings. The predicted molar refractivity (Wildman–Crippen MR) is 142 cm³/mol. The van der Waals surface area contributed by atoms with Gasteiger partial charge >= 0.3 is 155 Å². The Morgan fingerprint density at radius 1 is 0.417 bits per heavy atom. The van der Waals surface area contributed by atoms with E-state index in [-0.39, 0.29) is 17.4 Å². The van der Waals surface area contributed by atoms with Crippen molar-refractivity contribution in [3.05, 3.63) is 111 Å². The molecular formula is C31H35CrO3Sn. The van der Waals surface area contributed by atoms with Crippen molar-refractivity contribution in [2.75, 3.05) is 0 Å². The Labute approximate surface area is 235 Å². The summed E-state index contributed by atoms with van der Waals surface area (Å²) in [6.45, 7) is 25.5. The fourth-order valence-corrected chi connectivity index (χ4v) is 12.1. The predicted octanol–water partition coefficient (Wildman–Crippen LogP) is 5.27. The van der Waals surface area contributed by atoms with E-state index >= 15 is 0 Å². The number of rotatable bonds is 3. The zero-order valence-corrected chi connectivity index (χ0v) is 25.8. The summed E-state index contributed by atoms with van der Waals surface area (Å²) >= 11 is -1.98. The molecule has 0 unspecified atom stereocenters. The Hall–Kier alpha value is -1.79. The van der Waals surface area contributed by atoms with E-state index in [0.29, 0.717) is 0 Å². The molecule has 1 aliphatic carbocycles. The zero-order chi connectivity index (χ0) is 26.8.